The van der Waals surface area contributed by atoms with Crippen LogP contribution in [0.15, 0.2) is 47.6 Å². The molecule has 1 aliphatic carbocycles. The van der Waals surface area contributed by atoms with Gasteiger partial charge in [-0.1, -0.05) is 6.92 Å². The number of esters is 1. The molecule has 0 fully saturated rings. The largest absolute Gasteiger partial charge is 0.493 e. The summed E-state index contributed by atoms with van der Waals surface area (Å²) in [5.41, 5.74) is 4.99. The molecule has 0 bridgehead atoms. The second-order valence-corrected chi connectivity index (χ2v) is 11.0. The molecule has 2 aromatic carbocycles. The molecule has 2 atom stereocenters. The highest BCUT2D eigenvalue weighted by molar-refractivity contribution is 7.17. The molecule has 10 nitrogen and oxygen atoms in total. The molecular weight excluding hydrogens is 558 g/mol. The molecule has 0 saturated heterocycles. The van der Waals surface area contributed by atoms with Gasteiger partial charge < -0.3 is 24.3 Å². The van der Waals surface area contributed by atoms with Gasteiger partial charge in [-0.2, -0.15) is 5.10 Å². The summed E-state index contributed by atoms with van der Waals surface area (Å²) in [6.45, 7) is 5.80. The molecule has 2 unspecified atom stereocenters. The molecule has 2 amide bonds. The van der Waals surface area contributed by atoms with Gasteiger partial charge >= 0.3 is 5.97 Å². The van der Waals surface area contributed by atoms with Gasteiger partial charge in [0.2, 0.25) is 0 Å². The van der Waals surface area contributed by atoms with Gasteiger partial charge in [-0.25, -0.2) is 10.2 Å². The molecule has 0 radical (unpaired) electrons. The van der Waals surface area contributed by atoms with Crippen molar-refractivity contribution in [2.75, 3.05) is 26.1 Å². The lowest BCUT2D eigenvalue weighted by atomic mass is 9.88. The van der Waals surface area contributed by atoms with Crippen molar-refractivity contribution < 1.29 is 33.3 Å². The van der Waals surface area contributed by atoms with E-state index in [9.17, 15) is 14.4 Å². The van der Waals surface area contributed by atoms with Gasteiger partial charge in [0.05, 0.1) is 32.6 Å². The van der Waals surface area contributed by atoms with Gasteiger partial charge in [-0.05, 0) is 92.6 Å². The fourth-order valence-corrected chi connectivity index (χ4v) is 5.96. The summed E-state index contributed by atoms with van der Waals surface area (Å²) >= 11 is 1.44. The summed E-state index contributed by atoms with van der Waals surface area (Å²) in [4.78, 5) is 39.4. The Balaban J connectivity index is 1.36. The number of rotatable bonds is 11. The molecule has 1 aromatic heterocycles. The number of ether oxygens (including phenoxy) is 4. The smallest absolute Gasteiger partial charge is 0.341 e. The third kappa shape index (κ3) is 7.27. The Kier molecular flexibility index (Phi) is 10.2. The first kappa shape index (κ1) is 30.6. The Bertz CT molecular complexity index is 1470. The zero-order valence-electron chi connectivity index (χ0n) is 24.3. The summed E-state index contributed by atoms with van der Waals surface area (Å²) < 4.78 is 21.5. The number of hydrogen-bond acceptors (Lipinski definition) is 9. The van der Waals surface area contributed by atoms with E-state index < -0.39 is 18.0 Å². The van der Waals surface area contributed by atoms with E-state index in [0.717, 1.165) is 29.7 Å². The predicted molar refractivity (Wildman–Crippen MR) is 161 cm³/mol. The third-order valence-corrected chi connectivity index (χ3v) is 7.98. The Labute approximate surface area is 249 Å². The van der Waals surface area contributed by atoms with E-state index in [0.29, 0.717) is 44.9 Å². The van der Waals surface area contributed by atoms with Gasteiger partial charge in [-0.15, -0.1) is 11.3 Å². The number of benzene rings is 2. The van der Waals surface area contributed by atoms with E-state index >= 15 is 0 Å². The fourth-order valence-electron chi connectivity index (χ4n) is 4.57. The maximum absolute atomic E-state index is 13.1. The summed E-state index contributed by atoms with van der Waals surface area (Å²) in [7, 11) is 3.09. The molecule has 0 saturated carbocycles. The molecule has 1 heterocycles. The van der Waals surface area contributed by atoms with Crippen LogP contribution in [0.25, 0.3) is 0 Å². The lowest BCUT2D eigenvalue weighted by molar-refractivity contribution is -0.127. The number of thiophene rings is 1. The van der Waals surface area contributed by atoms with Gasteiger partial charge in [0.25, 0.3) is 11.8 Å². The number of anilines is 1. The van der Waals surface area contributed by atoms with Crippen LogP contribution >= 0.6 is 11.3 Å². The topological polar surface area (TPSA) is 125 Å². The number of methoxy groups -OCH3 is 2. The van der Waals surface area contributed by atoms with Crippen LogP contribution in [0.3, 0.4) is 0 Å². The monoisotopic (exact) mass is 593 g/mol. The van der Waals surface area contributed by atoms with E-state index in [-0.39, 0.29) is 12.5 Å². The van der Waals surface area contributed by atoms with Crippen molar-refractivity contribution in [3.8, 4) is 17.2 Å². The van der Waals surface area contributed by atoms with Crippen molar-refractivity contribution in [2.45, 2.75) is 46.1 Å². The summed E-state index contributed by atoms with van der Waals surface area (Å²) in [5, 5.41) is 7.41. The molecular formula is C31H35N3O7S. The quantitative estimate of drug-likeness (QED) is 0.177. The van der Waals surface area contributed by atoms with Crippen LogP contribution in [-0.2, 0) is 22.4 Å². The molecule has 4 rings (SSSR count). The number of carbonyl (C=O) groups excluding carboxylic acids is 3. The van der Waals surface area contributed by atoms with E-state index in [2.05, 4.69) is 22.8 Å². The van der Waals surface area contributed by atoms with E-state index in [1.165, 1.54) is 24.7 Å². The Morgan fingerprint density at radius 3 is 2.52 bits per heavy atom. The first-order chi connectivity index (χ1) is 20.2. The Morgan fingerprint density at radius 2 is 1.83 bits per heavy atom. The van der Waals surface area contributed by atoms with Crippen LogP contribution in [0.4, 0.5) is 5.00 Å². The number of nitrogens with zero attached hydrogens (tertiary/aromatic N) is 1. The SMILES string of the molecule is CCOC(=O)c1c(NC(=O)c2ccc(OC(C)C(=O)NN=Cc3ccc(OC)c(OC)c3)cc2)sc2c1CCC(C)C2. The Morgan fingerprint density at radius 1 is 1.10 bits per heavy atom. The molecule has 0 spiro atoms. The van der Waals surface area contributed by atoms with Gasteiger partial charge in [0.1, 0.15) is 10.8 Å². The number of hydrazone groups is 1. The molecule has 2 N–H and O–H groups in total. The van der Waals surface area contributed by atoms with Crippen molar-refractivity contribution >= 4 is 40.3 Å². The number of amides is 2. The van der Waals surface area contributed by atoms with E-state index in [1.54, 1.807) is 63.4 Å². The average molecular weight is 594 g/mol. The van der Waals surface area contributed by atoms with Crippen molar-refractivity contribution in [2.24, 2.45) is 11.0 Å². The molecule has 222 valence electrons. The van der Waals surface area contributed by atoms with Crippen LogP contribution in [0.1, 0.15) is 63.9 Å². The number of nitrogens with one attached hydrogen (secondary N) is 2. The Hall–Kier alpha value is -4.38. The second kappa shape index (κ2) is 14.0. The van der Waals surface area contributed by atoms with Crippen molar-refractivity contribution in [1.29, 1.82) is 0 Å². The molecule has 0 aliphatic heterocycles. The predicted octanol–water partition coefficient (Wildman–Crippen LogP) is 5.24. The number of hydrogen-bond donors (Lipinski definition) is 2. The number of fused-ring (bicyclic) bond motifs is 1. The fraction of sp³-hybridized carbons (Fsp3) is 0.355. The van der Waals surface area contributed by atoms with Crippen LogP contribution in [-0.4, -0.2) is 50.9 Å². The maximum Gasteiger partial charge on any atom is 0.341 e. The third-order valence-electron chi connectivity index (χ3n) is 6.81. The van der Waals surface area contributed by atoms with Crippen molar-refractivity contribution in [3.63, 3.8) is 0 Å². The van der Waals surface area contributed by atoms with Crippen LogP contribution in [0, 0.1) is 5.92 Å². The highest BCUT2D eigenvalue weighted by atomic mass is 32.1. The lowest BCUT2D eigenvalue weighted by Crippen LogP contribution is -2.33. The highest BCUT2D eigenvalue weighted by Crippen LogP contribution is 2.40. The van der Waals surface area contributed by atoms with E-state index in [4.69, 9.17) is 18.9 Å². The first-order valence-electron chi connectivity index (χ1n) is 13.7. The van der Waals surface area contributed by atoms with Crippen LogP contribution in [0.2, 0.25) is 0 Å². The molecule has 1 aliphatic rings. The minimum absolute atomic E-state index is 0.259. The van der Waals surface area contributed by atoms with Crippen LogP contribution in [0.5, 0.6) is 17.2 Å². The van der Waals surface area contributed by atoms with E-state index in [1.807, 2.05) is 0 Å². The van der Waals surface area contributed by atoms with Gasteiger partial charge in [-0.3, -0.25) is 9.59 Å². The normalized spacial score (nSPS) is 14.9. The highest BCUT2D eigenvalue weighted by Gasteiger charge is 2.29. The zero-order chi connectivity index (χ0) is 30.2. The van der Waals surface area contributed by atoms with Crippen molar-refractivity contribution in [3.05, 3.63) is 69.6 Å². The van der Waals surface area contributed by atoms with Gasteiger partial charge in [0.15, 0.2) is 17.6 Å². The second-order valence-electron chi connectivity index (χ2n) is 9.86. The minimum atomic E-state index is -0.848. The van der Waals surface area contributed by atoms with Gasteiger partial charge in [0, 0.05) is 10.4 Å². The zero-order valence-corrected chi connectivity index (χ0v) is 25.1. The average Bonchev–Trinajstić information content (AvgIpc) is 3.34. The lowest BCUT2D eigenvalue weighted by Gasteiger charge is -2.18. The molecule has 3 aromatic rings. The van der Waals surface area contributed by atoms with Crippen molar-refractivity contribution in [1.82, 2.24) is 5.43 Å². The minimum Gasteiger partial charge on any atom is -0.493 e. The summed E-state index contributed by atoms with van der Waals surface area (Å²) in [5.74, 6) is 0.853. The standard InChI is InChI=1S/C31H35N3O7S/c1-6-40-31(37)27-23-13-7-18(2)15-26(23)42-30(27)33-29(36)21-9-11-22(12-10-21)41-19(3)28(35)34-32-17-20-8-14-24(38-4)25(16-20)39-5/h8-12,14,16-19H,6-7,13,15H2,1-5H3,(H,33,36)(H,34,35). The van der Waals surface area contributed by atoms with Crippen LogP contribution < -0.4 is 25.0 Å². The number of carbonyl (C=O) groups is 3. The maximum atomic E-state index is 13.1. The summed E-state index contributed by atoms with van der Waals surface area (Å²) in [6.07, 6.45) is 3.29. The molecule has 11 heteroatoms. The molecule has 42 heavy (non-hydrogen) atoms. The first-order valence-corrected chi connectivity index (χ1v) is 14.5. The summed E-state index contributed by atoms with van der Waals surface area (Å²) in [6, 6.07) is 11.7.